The maximum absolute atomic E-state index is 13.1. The number of carbonyl (C=O) groups is 1. The maximum Gasteiger partial charge on any atom is 0.256 e. The molecule has 19 heavy (non-hydrogen) atoms. The van der Waals surface area contributed by atoms with E-state index >= 15 is 0 Å². The molecule has 0 saturated carbocycles. The average Bonchev–Trinajstić information content (AvgIpc) is 2.33. The Morgan fingerprint density at radius 2 is 2.00 bits per heavy atom. The molecular weight excluding hydrogens is 335 g/mol. The van der Waals surface area contributed by atoms with Crippen LogP contribution >= 0.6 is 27.5 Å². The molecule has 98 valence electrons. The van der Waals surface area contributed by atoms with Crippen molar-refractivity contribution in [2.75, 3.05) is 11.1 Å². The highest BCUT2D eigenvalue weighted by atomic mass is 79.9. The second-order valence-electron chi connectivity index (χ2n) is 3.81. The third-order valence-corrected chi connectivity index (χ3v) is 3.33. The maximum atomic E-state index is 13.1. The van der Waals surface area contributed by atoms with E-state index in [1.54, 1.807) is 18.2 Å². The second-order valence-corrected chi connectivity index (χ2v) is 5.10. The molecule has 0 aromatic heterocycles. The van der Waals surface area contributed by atoms with Crippen LogP contribution in [0.1, 0.15) is 10.4 Å². The highest BCUT2D eigenvalue weighted by Crippen LogP contribution is 2.24. The number of nitrogens with one attached hydrogen (secondary N) is 1. The number of benzene rings is 2. The van der Waals surface area contributed by atoms with Crippen molar-refractivity contribution in [1.82, 2.24) is 0 Å². The zero-order valence-electron chi connectivity index (χ0n) is 9.58. The Morgan fingerprint density at radius 3 is 2.68 bits per heavy atom. The molecule has 2 aromatic carbocycles. The fourth-order valence-corrected chi connectivity index (χ4v) is 2.36. The molecule has 3 N–H and O–H groups in total. The van der Waals surface area contributed by atoms with Crippen molar-refractivity contribution >= 4 is 44.8 Å². The van der Waals surface area contributed by atoms with Crippen LogP contribution in [0.25, 0.3) is 0 Å². The van der Waals surface area contributed by atoms with Gasteiger partial charge in [-0.1, -0.05) is 11.6 Å². The first-order chi connectivity index (χ1) is 8.97. The van der Waals surface area contributed by atoms with Crippen molar-refractivity contribution in [1.29, 1.82) is 0 Å². The number of nitrogen functional groups attached to an aromatic ring is 1. The van der Waals surface area contributed by atoms with Gasteiger partial charge in [-0.3, -0.25) is 4.79 Å². The minimum atomic E-state index is -0.473. The Labute approximate surface area is 122 Å². The van der Waals surface area contributed by atoms with Gasteiger partial charge in [0.15, 0.2) is 0 Å². The van der Waals surface area contributed by atoms with E-state index in [-0.39, 0.29) is 5.69 Å². The number of hydrogen-bond acceptors (Lipinski definition) is 2. The van der Waals surface area contributed by atoms with Crippen LogP contribution in [0.15, 0.2) is 40.9 Å². The van der Waals surface area contributed by atoms with Crippen LogP contribution in [0.3, 0.4) is 0 Å². The van der Waals surface area contributed by atoms with E-state index in [0.29, 0.717) is 20.7 Å². The summed E-state index contributed by atoms with van der Waals surface area (Å²) in [4.78, 5) is 12.0. The van der Waals surface area contributed by atoms with Crippen LogP contribution < -0.4 is 11.1 Å². The predicted molar refractivity (Wildman–Crippen MR) is 77.9 cm³/mol. The van der Waals surface area contributed by atoms with Crippen LogP contribution in [-0.4, -0.2) is 5.91 Å². The minimum Gasteiger partial charge on any atom is -0.397 e. The predicted octanol–water partition coefficient (Wildman–Crippen LogP) is 4.08. The van der Waals surface area contributed by atoms with Gasteiger partial charge in [0.05, 0.1) is 16.9 Å². The zero-order valence-corrected chi connectivity index (χ0v) is 11.9. The number of rotatable bonds is 2. The van der Waals surface area contributed by atoms with Crippen molar-refractivity contribution in [2.45, 2.75) is 0 Å². The number of anilines is 2. The summed E-state index contributed by atoms with van der Waals surface area (Å²) in [6.07, 6.45) is 0. The Hall–Kier alpha value is -1.59. The fourth-order valence-electron chi connectivity index (χ4n) is 1.50. The average molecular weight is 344 g/mol. The Balaban J connectivity index is 2.28. The number of hydrogen-bond donors (Lipinski definition) is 2. The highest BCUT2D eigenvalue weighted by molar-refractivity contribution is 9.10. The monoisotopic (exact) mass is 342 g/mol. The lowest BCUT2D eigenvalue weighted by atomic mass is 10.2. The standard InChI is InChI=1S/C13H9BrClFN2O/c14-10-5-7(15)1-3-9(10)13(19)18-12-6-8(16)2-4-11(12)17/h1-6H,17H2,(H,18,19). The molecule has 0 radical (unpaired) electrons. The normalized spacial score (nSPS) is 10.3. The smallest absolute Gasteiger partial charge is 0.256 e. The molecule has 0 fully saturated rings. The van der Waals surface area contributed by atoms with Crippen LogP contribution in [-0.2, 0) is 0 Å². The van der Waals surface area contributed by atoms with E-state index in [1.165, 1.54) is 12.1 Å². The van der Waals surface area contributed by atoms with Crippen molar-refractivity contribution in [3.63, 3.8) is 0 Å². The summed E-state index contributed by atoms with van der Waals surface area (Å²) >= 11 is 9.04. The highest BCUT2D eigenvalue weighted by Gasteiger charge is 2.12. The molecule has 0 heterocycles. The quantitative estimate of drug-likeness (QED) is 0.807. The van der Waals surface area contributed by atoms with E-state index in [0.717, 1.165) is 6.07 Å². The van der Waals surface area contributed by atoms with E-state index in [4.69, 9.17) is 17.3 Å². The van der Waals surface area contributed by atoms with Gasteiger partial charge >= 0.3 is 0 Å². The largest absolute Gasteiger partial charge is 0.397 e. The first-order valence-electron chi connectivity index (χ1n) is 5.29. The minimum absolute atomic E-state index is 0.229. The molecule has 2 aromatic rings. The van der Waals surface area contributed by atoms with Crippen LogP contribution in [0.5, 0.6) is 0 Å². The first-order valence-corrected chi connectivity index (χ1v) is 6.46. The summed E-state index contributed by atoms with van der Waals surface area (Å²) in [6.45, 7) is 0. The number of amides is 1. The number of nitrogens with two attached hydrogens (primary N) is 1. The number of halogens is 3. The third kappa shape index (κ3) is 3.24. The van der Waals surface area contributed by atoms with Crippen molar-refractivity contribution in [3.8, 4) is 0 Å². The van der Waals surface area contributed by atoms with Crippen LogP contribution in [0.4, 0.5) is 15.8 Å². The Bertz CT molecular complexity index is 649. The van der Waals surface area contributed by atoms with Gasteiger partial charge in [0.25, 0.3) is 5.91 Å². The molecule has 0 saturated heterocycles. The first kappa shape index (κ1) is 13.8. The van der Waals surface area contributed by atoms with E-state index in [2.05, 4.69) is 21.2 Å². The third-order valence-electron chi connectivity index (χ3n) is 2.44. The van der Waals surface area contributed by atoms with Crippen molar-refractivity contribution < 1.29 is 9.18 Å². The lowest BCUT2D eigenvalue weighted by Crippen LogP contribution is -2.14. The molecule has 0 bridgehead atoms. The SMILES string of the molecule is Nc1ccc(F)cc1NC(=O)c1ccc(Cl)cc1Br. The van der Waals surface area contributed by atoms with Gasteiger partial charge in [-0.2, -0.15) is 0 Å². The summed E-state index contributed by atoms with van der Waals surface area (Å²) in [5.41, 5.74) is 6.57. The van der Waals surface area contributed by atoms with Crippen LogP contribution in [0.2, 0.25) is 5.02 Å². The summed E-state index contributed by atoms with van der Waals surface area (Å²) in [5.74, 6) is -0.875. The molecule has 3 nitrogen and oxygen atoms in total. The van der Waals surface area contributed by atoms with Gasteiger partial charge in [-0.25, -0.2) is 4.39 Å². The Morgan fingerprint density at radius 1 is 1.26 bits per heavy atom. The summed E-state index contributed by atoms with van der Waals surface area (Å²) in [7, 11) is 0. The second kappa shape index (κ2) is 5.59. The molecular formula is C13H9BrClFN2O. The fraction of sp³-hybridized carbons (Fsp3) is 0. The molecule has 1 amide bonds. The van der Waals surface area contributed by atoms with Gasteiger partial charge in [0, 0.05) is 9.50 Å². The van der Waals surface area contributed by atoms with Crippen molar-refractivity contribution in [2.24, 2.45) is 0 Å². The lowest BCUT2D eigenvalue weighted by molar-refractivity contribution is 0.102. The summed E-state index contributed by atoms with van der Waals surface area (Å²) < 4.78 is 13.6. The lowest BCUT2D eigenvalue weighted by Gasteiger charge is -2.09. The zero-order chi connectivity index (χ0) is 14.0. The van der Waals surface area contributed by atoms with Crippen LogP contribution in [0, 0.1) is 5.82 Å². The molecule has 2 rings (SSSR count). The molecule has 0 atom stereocenters. The molecule has 0 aliphatic heterocycles. The molecule has 0 aliphatic rings. The van der Waals surface area contributed by atoms with Gasteiger partial charge < -0.3 is 11.1 Å². The number of carbonyl (C=O) groups excluding carboxylic acids is 1. The molecule has 0 aliphatic carbocycles. The van der Waals surface area contributed by atoms with Crippen molar-refractivity contribution in [3.05, 3.63) is 57.3 Å². The summed E-state index contributed by atoms with van der Waals surface area (Å²) in [5, 5.41) is 3.06. The molecule has 6 heteroatoms. The molecule has 0 spiro atoms. The van der Waals surface area contributed by atoms with Gasteiger partial charge in [-0.15, -0.1) is 0 Å². The topological polar surface area (TPSA) is 55.1 Å². The molecule has 0 unspecified atom stereocenters. The van der Waals surface area contributed by atoms with Gasteiger partial charge in [0.1, 0.15) is 5.82 Å². The van der Waals surface area contributed by atoms with Gasteiger partial charge in [0.2, 0.25) is 0 Å². The van der Waals surface area contributed by atoms with E-state index in [1.807, 2.05) is 0 Å². The van der Waals surface area contributed by atoms with E-state index in [9.17, 15) is 9.18 Å². The summed E-state index contributed by atoms with van der Waals surface area (Å²) in [6, 6.07) is 8.54. The van der Waals surface area contributed by atoms with E-state index < -0.39 is 11.7 Å². The van der Waals surface area contributed by atoms with Gasteiger partial charge in [-0.05, 0) is 52.3 Å². The Kier molecular flexibility index (Phi) is 4.07.